The Morgan fingerprint density at radius 1 is 0.456 bits per heavy atom. The van der Waals surface area contributed by atoms with E-state index in [4.69, 9.17) is 13.8 Å². The van der Waals surface area contributed by atoms with Gasteiger partial charge in [-0.05, 0) is 109 Å². The number of carbonyl (C=O) groups excluding carboxylic acids is 2. The van der Waals surface area contributed by atoms with E-state index < -0.39 is 26.6 Å². The molecule has 0 rings (SSSR count). The standard InChI is InChI=1S/C69H123N2O7P/c1-7-10-13-16-19-22-25-28-30-32-34-35-37-38-40-43-46-49-52-55-58-61-68(72)70-66(65-77-79(74,75)76-64-63-71(4,5)6)67(60-57-54-51-48-45-42-27-24-21-18-15-12-9-3)78-69(73)62-59-56-53-50-47-44-41-39-36-33-31-29-26-23-20-17-14-11-8-2/h11,14,19-20,22-23,28-31,36,39,44,47,57,60,66-67H,7-10,12-13,15-18,21,24-27,32-35,37-38,40-43,45-46,48-56,58-59,61-65H2,1-6H3,(H-,70,72,74,75)/b14-11-,22-19-,23-20-,30-28-,31-29-,39-36-,47-44-,60-57+. The van der Waals surface area contributed by atoms with E-state index >= 15 is 0 Å². The lowest BCUT2D eigenvalue weighted by Gasteiger charge is -2.30. The number of hydrogen-bond acceptors (Lipinski definition) is 7. The summed E-state index contributed by atoms with van der Waals surface area (Å²) in [5.74, 6) is -0.581. The number of carbonyl (C=O) groups is 2. The first-order chi connectivity index (χ1) is 38.4. The number of phosphoric ester groups is 1. The van der Waals surface area contributed by atoms with Gasteiger partial charge in [0.1, 0.15) is 19.3 Å². The fourth-order valence-corrected chi connectivity index (χ4v) is 9.71. The Morgan fingerprint density at radius 3 is 1.25 bits per heavy atom. The van der Waals surface area contributed by atoms with E-state index in [-0.39, 0.29) is 24.9 Å². The Labute approximate surface area is 488 Å². The van der Waals surface area contributed by atoms with Crippen LogP contribution in [0, 0.1) is 0 Å². The number of quaternary nitrogens is 1. The number of hydrogen-bond donors (Lipinski definition) is 1. The number of phosphoric acid groups is 1. The van der Waals surface area contributed by atoms with Gasteiger partial charge >= 0.3 is 5.97 Å². The van der Waals surface area contributed by atoms with Crippen LogP contribution in [0.25, 0.3) is 0 Å². The van der Waals surface area contributed by atoms with Crippen LogP contribution in [0.1, 0.15) is 278 Å². The molecule has 1 N–H and O–H groups in total. The zero-order valence-corrected chi connectivity index (χ0v) is 52.9. The maximum absolute atomic E-state index is 13.6. The minimum Gasteiger partial charge on any atom is -0.756 e. The van der Waals surface area contributed by atoms with Gasteiger partial charge in [0.2, 0.25) is 5.91 Å². The summed E-state index contributed by atoms with van der Waals surface area (Å²) in [6.07, 6.45) is 78.0. The molecule has 10 heteroatoms. The summed E-state index contributed by atoms with van der Waals surface area (Å²) in [4.78, 5) is 40.1. The maximum Gasteiger partial charge on any atom is 0.306 e. The third-order valence-electron chi connectivity index (χ3n) is 14.0. The van der Waals surface area contributed by atoms with E-state index in [1.807, 2.05) is 33.3 Å². The molecule has 1 amide bonds. The normalized spacial score (nSPS) is 14.3. The molecule has 79 heavy (non-hydrogen) atoms. The molecule has 0 aliphatic heterocycles. The summed E-state index contributed by atoms with van der Waals surface area (Å²) in [7, 11) is 1.16. The minimum absolute atomic E-state index is 0.0322. The number of rotatable bonds is 58. The fourth-order valence-electron chi connectivity index (χ4n) is 8.99. The van der Waals surface area contributed by atoms with Crippen LogP contribution in [0.3, 0.4) is 0 Å². The second kappa shape index (κ2) is 58.1. The zero-order valence-electron chi connectivity index (χ0n) is 52.1. The highest BCUT2D eigenvalue weighted by Gasteiger charge is 2.27. The van der Waals surface area contributed by atoms with Crippen LogP contribution in [0.2, 0.25) is 0 Å². The Bertz CT molecular complexity index is 1670. The van der Waals surface area contributed by atoms with Gasteiger partial charge < -0.3 is 28.5 Å². The van der Waals surface area contributed by atoms with Crippen molar-refractivity contribution >= 4 is 19.7 Å². The monoisotopic (exact) mass is 1120 g/mol. The molecule has 0 spiro atoms. The molecular weight excluding hydrogens is 1000 g/mol. The lowest BCUT2D eigenvalue weighted by Crippen LogP contribution is -2.47. The van der Waals surface area contributed by atoms with Crippen LogP contribution in [-0.2, 0) is 27.9 Å². The van der Waals surface area contributed by atoms with Gasteiger partial charge in [-0.3, -0.25) is 14.2 Å². The second-order valence-electron chi connectivity index (χ2n) is 22.9. The van der Waals surface area contributed by atoms with E-state index in [1.54, 1.807) is 0 Å². The number of unbranched alkanes of at least 4 members (excludes halogenated alkanes) is 28. The van der Waals surface area contributed by atoms with Gasteiger partial charge in [0, 0.05) is 12.8 Å². The van der Waals surface area contributed by atoms with Crippen molar-refractivity contribution in [1.29, 1.82) is 0 Å². The van der Waals surface area contributed by atoms with Crippen molar-refractivity contribution in [2.45, 2.75) is 290 Å². The topological polar surface area (TPSA) is 114 Å². The van der Waals surface area contributed by atoms with Crippen LogP contribution < -0.4 is 10.2 Å². The first kappa shape index (κ1) is 75.9. The van der Waals surface area contributed by atoms with Gasteiger partial charge in [0.15, 0.2) is 0 Å². The van der Waals surface area contributed by atoms with Gasteiger partial charge in [-0.15, -0.1) is 0 Å². The summed E-state index contributed by atoms with van der Waals surface area (Å²) in [5.41, 5.74) is 0. The van der Waals surface area contributed by atoms with Gasteiger partial charge in [0.25, 0.3) is 7.82 Å². The molecule has 0 bridgehead atoms. The third-order valence-corrected chi connectivity index (χ3v) is 15.0. The SMILES string of the molecule is CC/C=C\C/C=C\C/C=C\C/C=C\C/C=C\CCCCCC(=O)OC(/C=C/CCCCCCCCCCCCC)C(COP(=O)([O-])OCC[N+](C)(C)C)NC(=O)CCCCCCCCCCCCC/C=C\C/C=C\CCCCC. The van der Waals surface area contributed by atoms with Crippen molar-refractivity contribution in [3.63, 3.8) is 0 Å². The first-order valence-corrected chi connectivity index (χ1v) is 34.0. The Morgan fingerprint density at radius 2 is 0.810 bits per heavy atom. The molecule has 3 unspecified atom stereocenters. The van der Waals surface area contributed by atoms with Crippen LogP contribution in [0.5, 0.6) is 0 Å². The summed E-state index contributed by atoms with van der Waals surface area (Å²) in [6.45, 7) is 6.69. The Kier molecular flexibility index (Phi) is 55.9. The summed E-state index contributed by atoms with van der Waals surface area (Å²) in [6, 6.07) is -0.909. The number of amides is 1. The molecule has 0 radical (unpaired) electrons. The minimum atomic E-state index is -4.71. The number of ether oxygens (including phenoxy) is 1. The number of esters is 1. The summed E-state index contributed by atoms with van der Waals surface area (Å²) < 4.78 is 30.3. The quantitative estimate of drug-likeness (QED) is 0.0212. The van der Waals surface area contributed by atoms with Crippen LogP contribution in [-0.4, -0.2) is 69.4 Å². The van der Waals surface area contributed by atoms with Gasteiger partial charge in [-0.1, -0.05) is 253 Å². The number of nitrogens with one attached hydrogen (secondary N) is 1. The van der Waals surface area contributed by atoms with Gasteiger partial charge in [-0.2, -0.15) is 0 Å². The smallest absolute Gasteiger partial charge is 0.306 e. The first-order valence-electron chi connectivity index (χ1n) is 32.5. The molecule has 0 aliphatic carbocycles. The molecule has 0 aromatic heterocycles. The van der Waals surface area contributed by atoms with E-state index in [0.717, 1.165) is 103 Å². The van der Waals surface area contributed by atoms with Crippen molar-refractivity contribution in [3.05, 3.63) is 97.2 Å². The van der Waals surface area contributed by atoms with E-state index in [0.29, 0.717) is 23.9 Å². The van der Waals surface area contributed by atoms with Crippen molar-refractivity contribution < 1.29 is 37.3 Å². The number of allylic oxidation sites excluding steroid dienone is 15. The zero-order chi connectivity index (χ0) is 57.9. The van der Waals surface area contributed by atoms with Crippen LogP contribution in [0.15, 0.2) is 97.2 Å². The van der Waals surface area contributed by atoms with Crippen LogP contribution >= 0.6 is 7.82 Å². The molecule has 456 valence electrons. The largest absolute Gasteiger partial charge is 0.756 e. The third kappa shape index (κ3) is 59.4. The highest BCUT2D eigenvalue weighted by molar-refractivity contribution is 7.45. The van der Waals surface area contributed by atoms with Gasteiger partial charge in [-0.25, -0.2) is 0 Å². The molecule has 0 fully saturated rings. The fraction of sp³-hybridized carbons (Fsp3) is 0.739. The molecule has 0 saturated heterocycles. The molecule has 0 aromatic carbocycles. The predicted molar refractivity (Wildman–Crippen MR) is 339 cm³/mol. The molecule has 3 atom stereocenters. The predicted octanol–water partition coefficient (Wildman–Crippen LogP) is 19.7. The average molecular weight is 1120 g/mol. The lowest BCUT2D eigenvalue weighted by molar-refractivity contribution is -0.870. The van der Waals surface area contributed by atoms with Crippen LogP contribution in [0.4, 0.5) is 0 Å². The Hall–Kier alpha value is -3.07. The van der Waals surface area contributed by atoms with Crippen molar-refractivity contribution in [1.82, 2.24) is 5.32 Å². The summed E-state index contributed by atoms with van der Waals surface area (Å²) in [5, 5.41) is 3.03. The van der Waals surface area contributed by atoms with Crippen molar-refractivity contribution in [3.8, 4) is 0 Å². The number of nitrogens with zero attached hydrogens (tertiary/aromatic N) is 1. The molecule has 0 heterocycles. The highest BCUT2D eigenvalue weighted by Crippen LogP contribution is 2.38. The Balaban J connectivity index is 5.29. The van der Waals surface area contributed by atoms with E-state index in [1.165, 1.54) is 135 Å². The summed E-state index contributed by atoms with van der Waals surface area (Å²) >= 11 is 0. The second-order valence-corrected chi connectivity index (χ2v) is 24.3. The van der Waals surface area contributed by atoms with Gasteiger partial charge in [0.05, 0.1) is 33.8 Å². The molecule has 9 nitrogen and oxygen atoms in total. The average Bonchev–Trinajstić information content (AvgIpc) is 3.41. The lowest BCUT2D eigenvalue weighted by atomic mass is 10.0. The maximum atomic E-state index is 13.6. The highest BCUT2D eigenvalue weighted by atomic mass is 31.2. The van der Waals surface area contributed by atoms with E-state index in [2.05, 4.69) is 111 Å². The molecule has 0 saturated carbocycles. The molecule has 0 aliphatic rings. The number of likely N-dealkylation sites (N-methyl/N-ethyl adjacent to an activating group) is 1. The molecule has 0 aromatic rings. The van der Waals surface area contributed by atoms with Crippen molar-refractivity contribution in [2.75, 3.05) is 40.9 Å². The van der Waals surface area contributed by atoms with Crippen molar-refractivity contribution in [2.24, 2.45) is 0 Å². The molecular formula is C69H123N2O7P. The van der Waals surface area contributed by atoms with E-state index in [9.17, 15) is 19.0 Å².